The van der Waals surface area contributed by atoms with Gasteiger partial charge in [-0.25, -0.2) is 0 Å². The van der Waals surface area contributed by atoms with E-state index in [9.17, 15) is 0 Å². The fourth-order valence-electron chi connectivity index (χ4n) is 4.04. The molecule has 7 aromatic carbocycles. The van der Waals surface area contributed by atoms with Gasteiger partial charge in [-0.3, -0.25) is 9.41 Å². The van der Waals surface area contributed by atoms with E-state index in [1.165, 1.54) is 52.9 Å². The number of benzene rings is 7. The summed E-state index contributed by atoms with van der Waals surface area (Å²) in [5, 5.41) is 16.2. The Morgan fingerprint density at radius 1 is 0.415 bits per heavy atom. The van der Waals surface area contributed by atoms with Crippen LogP contribution in [0.1, 0.15) is 184 Å². The molecule has 0 aliphatic rings. The zero-order valence-corrected chi connectivity index (χ0v) is 73.0. The molecule has 94 heavy (non-hydrogen) atoms. The van der Waals surface area contributed by atoms with Crippen LogP contribution in [0.3, 0.4) is 0 Å². The first-order valence-electron chi connectivity index (χ1n) is 31.2. The number of halogens is 2. The van der Waals surface area contributed by atoms with E-state index >= 15 is 0 Å². The van der Waals surface area contributed by atoms with Crippen molar-refractivity contribution in [2.75, 3.05) is 26.6 Å². The quantitative estimate of drug-likeness (QED) is 0.0613. The van der Waals surface area contributed by atoms with Crippen LogP contribution in [0.15, 0.2) is 218 Å². The van der Waals surface area contributed by atoms with Crippen molar-refractivity contribution in [2.45, 2.75) is 201 Å². The first kappa shape index (κ1) is 155. The monoisotopic (exact) mass is 1420 g/mol. The third-order valence-corrected chi connectivity index (χ3v) is 8.84. The number of hydrogen-bond donors (Lipinski definition) is 1. The van der Waals surface area contributed by atoms with E-state index in [1.54, 1.807) is 32.9 Å². The molecule has 7 aromatic rings. The van der Waals surface area contributed by atoms with Gasteiger partial charge < -0.3 is 18.7 Å². The van der Waals surface area contributed by atoms with Crippen molar-refractivity contribution >= 4 is 124 Å². The summed E-state index contributed by atoms with van der Waals surface area (Å²) < 4.78 is 3.25. The van der Waals surface area contributed by atoms with Crippen molar-refractivity contribution in [3.63, 3.8) is 0 Å². The molecule has 0 amide bonds. The van der Waals surface area contributed by atoms with Crippen molar-refractivity contribution in [2.24, 2.45) is 11.1 Å². The van der Waals surface area contributed by atoms with E-state index in [2.05, 4.69) is 187 Å². The van der Waals surface area contributed by atoms with Crippen molar-refractivity contribution in [1.29, 1.82) is 5.39 Å². The molecule has 6 radical (unpaired) electrons. The van der Waals surface area contributed by atoms with E-state index in [0.29, 0.717) is 6.71 Å². The van der Waals surface area contributed by atoms with E-state index in [1.807, 2.05) is 266 Å². The number of thiocarbonyl (C=S) groups is 2. The molecule has 0 unspecified atom stereocenters. The Morgan fingerprint density at radius 2 is 0.500 bits per heavy atom. The number of nitrogens with two attached hydrogens (primary N) is 1. The average molecular weight is 1420 g/mol. The Hall–Kier alpha value is -3.49. The maximum Gasteiger partial charge on any atom is 2.00 e. The molecule has 2 N–H and O–H groups in total. The Kier molecular flexibility index (Phi) is 305. The first-order valence-corrected chi connectivity index (χ1v) is 34.7. The molecule has 0 heterocycles. The van der Waals surface area contributed by atoms with Crippen LogP contribution >= 0.6 is 48.0 Å². The number of thioether (sulfide) groups is 2. The largest absolute Gasteiger partial charge is 2.00 e. The molecule has 0 atom stereocenters. The molecule has 7 rings (SSSR count). The second-order valence-electron chi connectivity index (χ2n) is 13.4. The molecule has 17 heteroatoms. The van der Waals surface area contributed by atoms with Gasteiger partial charge in [-0.1, -0.05) is 435 Å². The zero-order chi connectivity index (χ0) is 71.6. The van der Waals surface area contributed by atoms with Crippen LogP contribution in [-0.2, 0) is 0 Å². The predicted molar refractivity (Wildman–Crippen MR) is 462 cm³/mol. The van der Waals surface area contributed by atoms with E-state index in [-0.39, 0.29) is 105 Å². The third kappa shape index (κ3) is 198. The molecule has 0 bridgehead atoms. The van der Waals surface area contributed by atoms with Crippen molar-refractivity contribution in [1.82, 2.24) is 0 Å². The van der Waals surface area contributed by atoms with Gasteiger partial charge >= 0.3 is 67.3 Å². The van der Waals surface area contributed by atoms with Gasteiger partial charge in [0.2, 0.25) is 5.39 Å². The predicted octanol–water partition coefficient (Wildman–Crippen LogP) is 24.1. The minimum atomic E-state index is 0. The Bertz CT molecular complexity index is 1800. The van der Waals surface area contributed by atoms with Gasteiger partial charge in [0, 0.05) is 27.7 Å². The third-order valence-electron chi connectivity index (χ3n) is 7.30. The molecule has 0 saturated heterocycles. The van der Waals surface area contributed by atoms with Gasteiger partial charge in [-0.2, -0.15) is 0 Å². The molecule has 0 saturated carbocycles. The summed E-state index contributed by atoms with van der Waals surface area (Å²) >= 11 is 11.9. The second kappa shape index (κ2) is 185. The Morgan fingerprint density at radius 3 is 0.543 bits per heavy atom. The van der Waals surface area contributed by atoms with Gasteiger partial charge in [0.05, 0.1) is 0 Å². The van der Waals surface area contributed by atoms with Crippen LogP contribution in [-0.4, -0.2) is 97.3 Å². The molecule has 0 aliphatic carbocycles. The number of nitrogens with zero attached hydrogens (tertiary/aromatic N) is 3. The fraction of sp³-hybridized carbons (Fsp3) is 0.429. The average Bonchev–Trinajstić information content (AvgIpc) is 3.60. The molecule has 534 valence electrons. The summed E-state index contributed by atoms with van der Waals surface area (Å²) in [5.41, 5.74) is 13.8. The van der Waals surface area contributed by atoms with Crippen LogP contribution in [0.25, 0.3) is 4.98 Å². The van der Waals surface area contributed by atoms with Crippen LogP contribution in [0.5, 0.6) is 0 Å². The molecule has 0 aliphatic heterocycles. The van der Waals surface area contributed by atoms with E-state index < -0.39 is 0 Å². The SMILES string of the molecule is C.CB(C)c1ccccc1.CC.CC.CC.CC.CC.CC.CC.CC.CC.CC.CN.CSC=S.CSC=S.C[N+]#N.Cc1ccccc1.Cc1ccccc1.Cc1ccccc1.Cc1ccccc1.Cc1ccccc1.Cc1ccccc1.F.F.O=N[O-].[2HH].[B].[B].[Ca+2].[H-].[H-].[Na+]. The summed E-state index contributed by atoms with van der Waals surface area (Å²) in [7, 11) is 2.81. The van der Waals surface area contributed by atoms with Crippen molar-refractivity contribution in [3.8, 4) is 0 Å². The van der Waals surface area contributed by atoms with Gasteiger partial charge in [-0.05, 0) is 61.1 Å². The van der Waals surface area contributed by atoms with Crippen molar-refractivity contribution < 1.29 is 43.2 Å². The molecular formula is C77H145B3CaF2N4NaO2S4+. The van der Waals surface area contributed by atoms with Crippen LogP contribution < -0.4 is 40.8 Å². The topological polar surface area (TPSA) is 107 Å². The molecule has 0 aromatic heterocycles. The maximum absolute atomic E-state index is 8.00. The first-order chi connectivity index (χ1) is 42.3. The van der Waals surface area contributed by atoms with Crippen molar-refractivity contribution in [3.05, 3.63) is 261 Å². The summed E-state index contributed by atoms with van der Waals surface area (Å²) in [6.45, 7) is 57.6. The summed E-state index contributed by atoms with van der Waals surface area (Å²) in [6, 6.07) is 72.1. The maximum atomic E-state index is 8.00. The summed E-state index contributed by atoms with van der Waals surface area (Å²) in [6.07, 6.45) is 3.88. The standard InChI is InChI=1S/C8H11B.6C7H8.2C2H4S2.10C2H6.CH3N2.CH5N.CH4.2B.Ca.2FH.HNO2.Na.H2.2H/c1-9(2)8-6-4-3-5-7-8;6*1-7-5-3-2-4-6-7;2*1-4-2-3;10*1-2;1-3-2;1-2;;;;;;;2-1-3;;;;/h3-7H,1-2H3;6*2-6H,1H3;2*2H,1H3;10*1-2H3;1H3;2H2,1H3;1H4;;;;2*1H;(H,2,3);;1H;;/q;;;;;;;;;;;;;;;;;;;+1;;;;;+2;;;;+1;;2*-1/p-1/i;;;;;;;;;;;;;;;;;;;;;;;;;;;;;1+1;;. The summed E-state index contributed by atoms with van der Waals surface area (Å²) in [5.74, 6) is 0. The number of diazo groups is 1. The molecule has 0 fully saturated rings. The van der Waals surface area contributed by atoms with Gasteiger partial charge in [0.25, 0.3) is 7.05 Å². The van der Waals surface area contributed by atoms with Gasteiger partial charge in [0.15, 0.2) is 6.71 Å². The van der Waals surface area contributed by atoms with Crippen LogP contribution in [0, 0.1) is 57.0 Å². The van der Waals surface area contributed by atoms with Crippen LogP contribution in [0.4, 0.5) is 9.41 Å². The fourth-order valence-corrected chi connectivity index (χ4v) is 4.04. The zero-order valence-electron chi connectivity index (χ0n) is 67.5. The number of rotatable bonds is 3. The summed E-state index contributed by atoms with van der Waals surface area (Å²) in [4.78, 5) is 10.5. The minimum Gasteiger partial charge on any atom is -1.00 e. The Balaban J connectivity index is -0.0000000248. The number of aryl methyl sites for hydroxylation is 6. The normalized spacial score (nSPS) is 6.21. The molecule has 0 spiro atoms. The van der Waals surface area contributed by atoms with Gasteiger partial charge in [-0.15, -0.1) is 28.9 Å². The minimum absolute atomic E-state index is 0. The number of hydrogen-bond acceptors (Lipinski definition) is 9. The molecule has 6 nitrogen and oxygen atoms in total. The second-order valence-corrected chi connectivity index (χ2v) is 15.9. The molecular weight excluding hydrogens is 1270 g/mol. The Labute approximate surface area is 665 Å². The smallest absolute Gasteiger partial charge is 1.00 e. The van der Waals surface area contributed by atoms with E-state index in [4.69, 9.17) is 15.5 Å². The van der Waals surface area contributed by atoms with E-state index in [0.717, 1.165) is 5.34 Å². The van der Waals surface area contributed by atoms with Gasteiger partial charge in [0.1, 0.15) is 4.98 Å². The van der Waals surface area contributed by atoms with Crippen LogP contribution in [0.2, 0.25) is 13.6 Å².